The molecule has 1 N–H and O–H groups in total. The Labute approximate surface area is 77.5 Å². The van der Waals surface area contributed by atoms with Gasteiger partial charge in [-0.1, -0.05) is 0 Å². The molecule has 4 heteroatoms. The Hall–Kier alpha value is -0.640. The lowest BCUT2D eigenvalue weighted by atomic mass is 10.4. The molecule has 0 aliphatic rings. The third kappa shape index (κ3) is 2.44. The first kappa shape index (κ1) is 9.45. The van der Waals surface area contributed by atoms with E-state index in [1.54, 1.807) is 0 Å². The van der Waals surface area contributed by atoms with Crippen LogP contribution >= 0.6 is 11.8 Å². The molecule has 1 aromatic rings. The fourth-order valence-electron chi connectivity index (χ4n) is 0.928. The van der Waals surface area contributed by atoms with Crippen molar-refractivity contribution < 1.29 is 0 Å². The van der Waals surface area contributed by atoms with Crippen LogP contribution in [0.2, 0.25) is 0 Å². The van der Waals surface area contributed by atoms with Crippen LogP contribution in [0, 0.1) is 6.92 Å². The number of thioether (sulfide) groups is 1. The van der Waals surface area contributed by atoms with Gasteiger partial charge in [0.25, 0.3) is 0 Å². The number of rotatable bonds is 4. The molecular formula is C8H15N3S. The quantitative estimate of drug-likeness (QED) is 0.721. The second kappa shape index (κ2) is 4.40. The Kier molecular flexibility index (Phi) is 3.47. The molecule has 0 aliphatic heterocycles. The summed E-state index contributed by atoms with van der Waals surface area (Å²) in [6.07, 6.45) is 2.10. The van der Waals surface area contributed by atoms with Gasteiger partial charge in [-0.2, -0.15) is 16.9 Å². The Morgan fingerprint density at radius 3 is 2.92 bits per heavy atom. The molecule has 0 unspecified atom stereocenters. The minimum atomic E-state index is 0.976. The monoisotopic (exact) mass is 185 g/mol. The second-order valence-corrected chi connectivity index (χ2v) is 3.70. The van der Waals surface area contributed by atoms with Crippen molar-refractivity contribution in [2.45, 2.75) is 6.92 Å². The van der Waals surface area contributed by atoms with Gasteiger partial charge in [-0.25, -0.2) is 0 Å². The number of anilines is 1. The predicted molar refractivity (Wildman–Crippen MR) is 54.8 cm³/mol. The average molecular weight is 185 g/mol. The van der Waals surface area contributed by atoms with Gasteiger partial charge in [0, 0.05) is 31.1 Å². The molecule has 3 nitrogen and oxygen atoms in total. The number of aromatic nitrogens is 2. The average Bonchev–Trinajstić information content (AvgIpc) is 2.32. The van der Waals surface area contributed by atoms with Crippen molar-refractivity contribution in [3.8, 4) is 0 Å². The number of aryl methyl sites for hydroxylation is 2. The third-order valence-corrected chi connectivity index (χ3v) is 2.34. The molecule has 0 aliphatic carbocycles. The topological polar surface area (TPSA) is 29.9 Å². The van der Waals surface area contributed by atoms with Gasteiger partial charge in [-0.05, 0) is 13.2 Å². The zero-order chi connectivity index (χ0) is 8.97. The van der Waals surface area contributed by atoms with Crippen molar-refractivity contribution in [3.05, 3.63) is 11.8 Å². The lowest BCUT2D eigenvalue weighted by Gasteiger charge is -1.98. The molecule has 0 amide bonds. The summed E-state index contributed by atoms with van der Waals surface area (Å²) < 4.78 is 1.88. The fraction of sp³-hybridized carbons (Fsp3) is 0.625. The van der Waals surface area contributed by atoms with E-state index in [9.17, 15) is 0 Å². The second-order valence-electron chi connectivity index (χ2n) is 2.71. The lowest BCUT2D eigenvalue weighted by molar-refractivity contribution is 0.741. The maximum atomic E-state index is 4.28. The molecule has 12 heavy (non-hydrogen) atoms. The zero-order valence-corrected chi connectivity index (χ0v) is 8.61. The van der Waals surface area contributed by atoms with Crippen LogP contribution in [0.5, 0.6) is 0 Å². The summed E-state index contributed by atoms with van der Waals surface area (Å²) in [4.78, 5) is 0. The first-order valence-corrected chi connectivity index (χ1v) is 5.37. The Morgan fingerprint density at radius 2 is 2.42 bits per heavy atom. The predicted octanol–water partition coefficient (Wildman–Crippen LogP) is 1.50. The lowest BCUT2D eigenvalue weighted by Crippen LogP contribution is -2.04. The largest absolute Gasteiger partial charge is 0.368 e. The van der Waals surface area contributed by atoms with Crippen LogP contribution in [0.25, 0.3) is 0 Å². The van der Waals surface area contributed by atoms with E-state index in [2.05, 4.69) is 22.7 Å². The molecule has 1 heterocycles. The number of nitrogens with zero attached hydrogens (tertiary/aromatic N) is 2. The van der Waals surface area contributed by atoms with Crippen LogP contribution in [0.15, 0.2) is 6.07 Å². The van der Waals surface area contributed by atoms with E-state index in [-0.39, 0.29) is 0 Å². The first-order chi connectivity index (χ1) is 5.74. The van der Waals surface area contributed by atoms with E-state index < -0.39 is 0 Å². The third-order valence-electron chi connectivity index (χ3n) is 1.73. The van der Waals surface area contributed by atoms with E-state index >= 15 is 0 Å². The maximum absolute atomic E-state index is 4.28. The van der Waals surface area contributed by atoms with E-state index in [4.69, 9.17) is 0 Å². The number of hydrogen-bond donors (Lipinski definition) is 1. The van der Waals surface area contributed by atoms with Crippen LogP contribution in [0.3, 0.4) is 0 Å². The van der Waals surface area contributed by atoms with Gasteiger partial charge in [0.1, 0.15) is 5.82 Å². The van der Waals surface area contributed by atoms with Gasteiger partial charge in [-0.3, -0.25) is 4.68 Å². The molecule has 0 radical (unpaired) electrons. The van der Waals surface area contributed by atoms with Crippen molar-refractivity contribution in [1.29, 1.82) is 0 Å². The summed E-state index contributed by atoms with van der Waals surface area (Å²) in [6, 6.07) is 2.06. The van der Waals surface area contributed by atoms with Crippen LogP contribution < -0.4 is 5.32 Å². The van der Waals surface area contributed by atoms with E-state index in [1.807, 2.05) is 30.4 Å². The molecule has 0 atom stereocenters. The molecule has 0 saturated heterocycles. The standard InChI is InChI=1S/C8H15N3S/c1-7-6-8(10-11(7)2)9-4-5-12-3/h6H,4-5H2,1-3H3,(H,9,10). The highest BCUT2D eigenvalue weighted by Crippen LogP contribution is 2.06. The highest BCUT2D eigenvalue weighted by atomic mass is 32.2. The van der Waals surface area contributed by atoms with Gasteiger partial charge in [-0.15, -0.1) is 0 Å². The maximum Gasteiger partial charge on any atom is 0.148 e. The Balaban J connectivity index is 2.42. The SMILES string of the molecule is CSCCNc1cc(C)n(C)n1. The molecule has 1 aromatic heterocycles. The minimum Gasteiger partial charge on any atom is -0.368 e. The Bertz CT molecular complexity index is 225. The minimum absolute atomic E-state index is 0.976. The zero-order valence-electron chi connectivity index (χ0n) is 7.79. The Morgan fingerprint density at radius 1 is 1.67 bits per heavy atom. The molecule has 0 spiro atoms. The molecule has 0 saturated carbocycles. The van der Waals surface area contributed by atoms with Gasteiger partial charge < -0.3 is 5.32 Å². The van der Waals surface area contributed by atoms with E-state index in [1.165, 1.54) is 5.69 Å². The number of hydrogen-bond acceptors (Lipinski definition) is 3. The summed E-state index contributed by atoms with van der Waals surface area (Å²) in [7, 11) is 1.95. The van der Waals surface area contributed by atoms with Crippen LogP contribution in [0.4, 0.5) is 5.82 Å². The summed E-state index contributed by atoms with van der Waals surface area (Å²) in [6.45, 7) is 3.03. The normalized spacial score (nSPS) is 10.2. The van der Waals surface area contributed by atoms with Crippen LogP contribution in [-0.4, -0.2) is 28.3 Å². The van der Waals surface area contributed by atoms with Crippen molar-refractivity contribution in [3.63, 3.8) is 0 Å². The van der Waals surface area contributed by atoms with Gasteiger partial charge >= 0.3 is 0 Å². The molecular weight excluding hydrogens is 170 g/mol. The summed E-state index contributed by atoms with van der Waals surface area (Å²) in [5, 5.41) is 7.53. The van der Waals surface area contributed by atoms with Crippen molar-refractivity contribution >= 4 is 17.6 Å². The molecule has 0 fully saturated rings. The molecule has 1 rings (SSSR count). The van der Waals surface area contributed by atoms with Crippen molar-refractivity contribution in [1.82, 2.24) is 9.78 Å². The van der Waals surface area contributed by atoms with E-state index in [0.717, 1.165) is 18.1 Å². The van der Waals surface area contributed by atoms with Gasteiger partial charge in [0.05, 0.1) is 0 Å². The van der Waals surface area contributed by atoms with E-state index in [0.29, 0.717) is 0 Å². The van der Waals surface area contributed by atoms with Crippen molar-refractivity contribution in [2.75, 3.05) is 23.9 Å². The summed E-state index contributed by atoms with van der Waals surface area (Å²) in [5.41, 5.74) is 1.18. The highest BCUT2D eigenvalue weighted by molar-refractivity contribution is 7.98. The van der Waals surface area contributed by atoms with Crippen LogP contribution in [-0.2, 0) is 7.05 Å². The molecule has 0 aromatic carbocycles. The first-order valence-electron chi connectivity index (χ1n) is 3.97. The summed E-state index contributed by atoms with van der Waals surface area (Å²) in [5.74, 6) is 2.10. The smallest absolute Gasteiger partial charge is 0.148 e. The number of nitrogens with one attached hydrogen (secondary N) is 1. The molecule has 0 bridgehead atoms. The van der Waals surface area contributed by atoms with Gasteiger partial charge in [0.15, 0.2) is 0 Å². The van der Waals surface area contributed by atoms with Crippen LogP contribution in [0.1, 0.15) is 5.69 Å². The summed E-state index contributed by atoms with van der Waals surface area (Å²) >= 11 is 1.83. The van der Waals surface area contributed by atoms with Crippen molar-refractivity contribution in [2.24, 2.45) is 7.05 Å². The van der Waals surface area contributed by atoms with Gasteiger partial charge in [0.2, 0.25) is 0 Å². The highest BCUT2D eigenvalue weighted by Gasteiger charge is 1.98. The molecule has 68 valence electrons. The fourth-order valence-corrected chi connectivity index (χ4v) is 1.23.